The number of carbonyl (C=O) groups excluding carboxylic acids is 1. The normalized spacial score (nSPS) is 18.7. The lowest BCUT2D eigenvalue weighted by atomic mass is 9.89. The van der Waals surface area contributed by atoms with Gasteiger partial charge in [0.1, 0.15) is 5.56 Å². The van der Waals surface area contributed by atoms with Gasteiger partial charge in [-0.3, -0.25) is 0 Å². The van der Waals surface area contributed by atoms with Gasteiger partial charge in [-0.15, -0.1) is 0 Å². The van der Waals surface area contributed by atoms with Crippen molar-refractivity contribution in [1.29, 1.82) is 0 Å². The van der Waals surface area contributed by atoms with Gasteiger partial charge in [-0.05, 0) is 30.7 Å². The third-order valence-electron chi connectivity index (χ3n) is 3.56. The molecule has 2 heterocycles. The second kappa shape index (κ2) is 4.08. The monoisotopic (exact) mass is 245 g/mol. The van der Waals surface area contributed by atoms with E-state index in [4.69, 9.17) is 4.74 Å². The van der Waals surface area contributed by atoms with Gasteiger partial charge in [-0.2, -0.15) is 5.10 Å². The van der Waals surface area contributed by atoms with Gasteiger partial charge in [0.05, 0.1) is 13.3 Å². The topological polar surface area (TPSA) is 56.5 Å². The molecule has 0 radical (unpaired) electrons. The average molecular weight is 245 g/mol. The molecular formula is C13H15N3O2. The smallest absolute Gasteiger partial charge is 0.343 e. The first-order valence-electron chi connectivity index (χ1n) is 6.13. The van der Waals surface area contributed by atoms with Crippen molar-refractivity contribution in [2.75, 3.05) is 7.11 Å². The maximum Gasteiger partial charge on any atom is 0.343 e. The van der Waals surface area contributed by atoms with Gasteiger partial charge >= 0.3 is 5.97 Å². The number of ether oxygens (including phenoxy) is 1. The van der Waals surface area contributed by atoms with Crippen molar-refractivity contribution >= 4 is 11.6 Å². The quantitative estimate of drug-likeness (QED) is 0.717. The van der Waals surface area contributed by atoms with E-state index in [-0.39, 0.29) is 5.97 Å². The van der Waals surface area contributed by atoms with Crippen LogP contribution >= 0.6 is 0 Å². The third kappa shape index (κ3) is 1.58. The molecule has 0 amide bonds. The first-order chi connectivity index (χ1) is 8.70. The molecule has 0 aromatic carbocycles. The van der Waals surface area contributed by atoms with Gasteiger partial charge in [0.25, 0.3) is 0 Å². The summed E-state index contributed by atoms with van der Waals surface area (Å²) in [5.41, 5.74) is 3.43. The number of hydrogen-bond acceptors (Lipinski definition) is 4. The molecule has 5 nitrogen and oxygen atoms in total. The molecule has 2 aromatic heterocycles. The Morgan fingerprint density at radius 3 is 3.11 bits per heavy atom. The Balaban J connectivity index is 2.17. The van der Waals surface area contributed by atoms with Gasteiger partial charge in [0, 0.05) is 11.9 Å². The molecule has 0 spiro atoms. The van der Waals surface area contributed by atoms with E-state index in [1.807, 2.05) is 6.20 Å². The van der Waals surface area contributed by atoms with Crippen LogP contribution < -0.4 is 0 Å². The SMILES string of the molecule is COC(=O)c1cnn2c3c(cnc12)CC(C)CC3. The molecule has 3 rings (SSSR count). The maximum atomic E-state index is 11.6. The summed E-state index contributed by atoms with van der Waals surface area (Å²) in [5, 5.41) is 4.28. The van der Waals surface area contributed by atoms with Crippen LogP contribution in [0.4, 0.5) is 0 Å². The number of fused-ring (bicyclic) bond motifs is 3. The molecule has 0 bridgehead atoms. The molecule has 18 heavy (non-hydrogen) atoms. The molecule has 0 N–H and O–H groups in total. The van der Waals surface area contributed by atoms with E-state index in [0.29, 0.717) is 17.1 Å². The van der Waals surface area contributed by atoms with Crippen LogP contribution in [0.5, 0.6) is 0 Å². The lowest BCUT2D eigenvalue weighted by molar-refractivity contribution is 0.0602. The van der Waals surface area contributed by atoms with Crippen molar-refractivity contribution in [3.8, 4) is 0 Å². The standard InChI is InChI=1S/C13H15N3O2/c1-8-3-4-11-9(5-8)6-14-12-10(13(17)18-2)7-15-16(11)12/h6-8H,3-5H2,1-2H3. The van der Waals surface area contributed by atoms with Gasteiger partial charge < -0.3 is 4.74 Å². The number of esters is 1. The molecule has 1 unspecified atom stereocenters. The molecule has 1 aliphatic rings. The second-order valence-electron chi connectivity index (χ2n) is 4.86. The molecule has 94 valence electrons. The van der Waals surface area contributed by atoms with Gasteiger partial charge in [-0.1, -0.05) is 6.92 Å². The molecule has 0 saturated carbocycles. The Morgan fingerprint density at radius 1 is 1.50 bits per heavy atom. The van der Waals surface area contributed by atoms with E-state index in [0.717, 1.165) is 19.3 Å². The summed E-state index contributed by atoms with van der Waals surface area (Å²) in [5.74, 6) is 0.300. The molecule has 0 saturated heterocycles. The van der Waals surface area contributed by atoms with Crippen LogP contribution in [0.1, 0.15) is 35.0 Å². The van der Waals surface area contributed by atoms with E-state index < -0.39 is 0 Å². The maximum absolute atomic E-state index is 11.6. The van der Waals surface area contributed by atoms with E-state index >= 15 is 0 Å². The predicted octanol–water partition coefficient (Wildman–Crippen LogP) is 1.64. The Labute approximate surface area is 105 Å². The fourth-order valence-corrected chi connectivity index (χ4v) is 2.56. The van der Waals surface area contributed by atoms with Crippen LogP contribution in [0.25, 0.3) is 5.65 Å². The molecule has 1 atom stereocenters. The third-order valence-corrected chi connectivity index (χ3v) is 3.56. The average Bonchev–Trinajstić information content (AvgIpc) is 2.81. The minimum Gasteiger partial charge on any atom is -0.465 e. The van der Waals surface area contributed by atoms with Crippen molar-refractivity contribution in [2.45, 2.75) is 26.2 Å². The summed E-state index contributed by atoms with van der Waals surface area (Å²) in [6.45, 7) is 2.25. The number of methoxy groups -OCH3 is 1. The highest BCUT2D eigenvalue weighted by Crippen LogP contribution is 2.25. The summed E-state index contributed by atoms with van der Waals surface area (Å²) in [6.07, 6.45) is 6.57. The zero-order chi connectivity index (χ0) is 12.7. The van der Waals surface area contributed by atoms with Crippen LogP contribution in [-0.4, -0.2) is 27.7 Å². The van der Waals surface area contributed by atoms with Gasteiger partial charge in [0.15, 0.2) is 5.65 Å². The van der Waals surface area contributed by atoms with E-state index in [1.54, 1.807) is 4.52 Å². The van der Waals surface area contributed by atoms with E-state index in [9.17, 15) is 4.79 Å². The zero-order valence-corrected chi connectivity index (χ0v) is 10.5. The van der Waals surface area contributed by atoms with Gasteiger partial charge in [0.2, 0.25) is 0 Å². The summed E-state index contributed by atoms with van der Waals surface area (Å²) < 4.78 is 6.52. The van der Waals surface area contributed by atoms with Gasteiger partial charge in [-0.25, -0.2) is 14.3 Å². The Hall–Kier alpha value is -1.91. The first kappa shape index (κ1) is 11.2. The number of hydrogen-bond donors (Lipinski definition) is 0. The highest BCUT2D eigenvalue weighted by molar-refractivity contribution is 5.95. The minimum absolute atomic E-state index is 0.387. The number of carbonyl (C=O) groups is 1. The molecule has 0 fully saturated rings. The Bertz CT molecular complexity index is 618. The molecule has 2 aromatic rings. The van der Waals surface area contributed by atoms with Crippen LogP contribution in [0.3, 0.4) is 0 Å². The number of rotatable bonds is 1. The van der Waals surface area contributed by atoms with Crippen molar-refractivity contribution in [2.24, 2.45) is 5.92 Å². The summed E-state index contributed by atoms with van der Waals surface area (Å²) in [7, 11) is 1.37. The van der Waals surface area contributed by atoms with Crippen LogP contribution in [0, 0.1) is 5.92 Å². The molecule has 0 aliphatic heterocycles. The zero-order valence-electron chi connectivity index (χ0n) is 10.5. The summed E-state index contributed by atoms with van der Waals surface area (Å²) in [4.78, 5) is 16.0. The van der Waals surface area contributed by atoms with Crippen molar-refractivity contribution in [1.82, 2.24) is 14.6 Å². The second-order valence-corrected chi connectivity index (χ2v) is 4.86. The predicted molar refractivity (Wildman–Crippen MR) is 65.5 cm³/mol. The molecular weight excluding hydrogens is 230 g/mol. The number of aromatic nitrogens is 3. The first-order valence-corrected chi connectivity index (χ1v) is 6.13. The Morgan fingerprint density at radius 2 is 2.33 bits per heavy atom. The lowest BCUT2D eigenvalue weighted by Gasteiger charge is -2.21. The molecule has 1 aliphatic carbocycles. The minimum atomic E-state index is -0.387. The summed E-state index contributed by atoms with van der Waals surface area (Å²) in [6, 6.07) is 0. The number of aryl methyl sites for hydroxylation is 1. The van der Waals surface area contributed by atoms with Crippen molar-refractivity contribution < 1.29 is 9.53 Å². The number of nitrogens with zero attached hydrogens (tertiary/aromatic N) is 3. The fraction of sp³-hybridized carbons (Fsp3) is 0.462. The highest BCUT2D eigenvalue weighted by Gasteiger charge is 2.22. The molecule has 5 heteroatoms. The van der Waals surface area contributed by atoms with Crippen molar-refractivity contribution in [3.63, 3.8) is 0 Å². The largest absolute Gasteiger partial charge is 0.465 e. The van der Waals surface area contributed by atoms with Crippen molar-refractivity contribution in [3.05, 3.63) is 29.2 Å². The van der Waals surface area contributed by atoms with E-state index in [1.165, 1.54) is 24.6 Å². The van der Waals surface area contributed by atoms with Crippen LogP contribution in [0.15, 0.2) is 12.4 Å². The van der Waals surface area contributed by atoms with Crippen LogP contribution in [-0.2, 0) is 17.6 Å². The lowest BCUT2D eigenvalue weighted by Crippen LogP contribution is -2.16. The highest BCUT2D eigenvalue weighted by atomic mass is 16.5. The summed E-state index contributed by atoms with van der Waals surface area (Å²) >= 11 is 0. The van der Waals surface area contributed by atoms with Crippen LogP contribution in [0.2, 0.25) is 0 Å². The Kier molecular flexibility index (Phi) is 2.54. The fourth-order valence-electron chi connectivity index (χ4n) is 2.56. The van der Waals surface area contributed by atoms with E-state index in [2.05, 4.69) is 17.0 Å².